The third-order valence-electron chi connectivity index (χ3n) is 4.58. The molecule has 2 atom stereocenters. The Kier molecular flexibility index (Phi) is 4.68. The summed E-state index contributed by atoms with van der Waals surface area (Å²) in [5, 5.41) is -0.888. The first kappa shape index (κ1) is 16.4. The summed E-state index contributed by atoms with van der Waals surface area (Å²) >= 11 is 0. The molecule has 1 aromatic carbocycles. The van der Waals surface area contributed by atoms with Crippen LogP contribution in [0, 0.1) is 11.7 Å². The second-order valence-electron chi connectivity index (χ2n) is 6.05. The van der Waals surface area contributed by atoms with Crippen LogP contribution in [0.25, 0.3) is 0 Å². The van der Waals surface area contributed by atoms with Crippen molar-refractivity contribution < 1.29 is 22.3 Å². The lowest BCUT2D eigenvalue weighted by Crippen LogP contribution is -2.38. The minimum atomic E-state index is -3.49. The van der Waals surface area contributed by atoms with E-state index in [9.17, 15) is 17.6 Å². The number of carbonyl (C=O) groups is 1. The Hall–Kier alpha value is -1.47. The summed E-state index contributed by atoms with van der Waals surface area (Å²) in [6, 6.07) is 5.96. The highest BCUT2D eigenvalue weighted by Crippen LogP contribution is 2.31. The van der Waals surface area contributed by atoms with Crippen LogP contribution in [0.5, 0.6) is 0 Å². The van der Waals surface area contributed by atoms with Crippen LogP contribution >= 0.6 is 0 Å². The van der Waals surface area contributed by atoms with E-state index in [1.807, 2.05) is 0 Å². The van der Waals surface area contributed by atoms with Gasteiger partial charge in [-0.2, -0.15) is 0 Å². The van der Waals surface area contributed by atoms with E-state index >= 15 is 0 Å². The molecule has 2 heterocycles. The summed E-state index contributed by atoms with van der Waals surface area (Å²) in [4.78, 5) is 14.0. The first-order valence-electron chi connectivity index (χ1n) is 7.81. The minimum Gasteiger partial charge on any atom is -0.381 e. The molecule has 1 amide bonds. The predicted molar refractivity (Wildman–Crippen MR) is 83.1 cm³/mol. The van der Waals surface area contributed by atoms with Crippen LogP contribution in [0.1, 0.15) is 23.7 Å². The number of hydrogen-bond acceptors (Lipinski definition) is 4. The fourth-order valence-electron chi connectivity index (χ4n) is 3.24. The number of halogens is 1. The zero-order chi connectivity index (χ0) is 16.4. The molecule has 3 rings (SSSR count). The number of benzene rings is 1. The highest BCUT2D eigenvalue weighted by molar-refractivity contribution is 7.91. The zero-order valence-electron chi connectivity index (χ0n) is 12.8. The maximum Gasteiger partial charge on any atom is 0.228 e. The van der Waals surface area contributed by atoms with Gasteiger partial charge in [-0.25, -0.2) is 12.8 Å². The molecule has 2 aliphatic rings. The summed E-state index contributed by atoms with van der Waals surface area (Å²) in [6.45, 7) is 1.47. The summed E-state index contributed by atoms with van der Waals surface area (Å²) in [5.41, 5.74) is 0.200. The lowest BCUT2D eigenvalue weighted by molar-refractivity contribution is -0.135. The number of rotatable bonds is 2. The smallest absolute Gasteiger partial charge is 0.228 e. The summed E-state index contributed by atoms with van der Waals surface area (Å²) in [6.07, 6.45) is 0.904. The van der Waals surface area contributed by atoms with Gasteiger partial charge in [0.15, 0.2) is 9.84 Å². The SMILES string of the molecule is O=C([C@@H]1CCOC1)N1CC[C@H](c2ccccc2F)S(=O)(=O)CC1. The molecule has 1 aromatic rings. The Labute approximate surface area is 135 Å². The van der Waals surface area contributed by atoms with Gasteiger partial charge in [-0.15, -0.1) is 0 Å². The van der Waals surface area contributed by atoms with Gasteiger partial charge in [0.2, 0.25) is 5.91 Å². The molecule has 126 valence electrons. The van der Waals surface area contributed by atoms with Gasteiger partial charge in [0, 0.05) is 25.3 Å². The fourth-order valence-corrected chi connectivity index (χ4v) is 5.04. The third-order valence-corrected chi connectivity index (χ3v) is 6.69. The van der Waals surface area contributed by atoms with E-state index in [1.54, 1.807) is 11.0 Å². The predicted octanol–water partition coefficient (Wildman–Crippen LogP) is 1.55. The van der Waals surface area contributed by atoms with Crippen molar-refractivity contribution in [3.8, 4) is 0 Å². The van der Waals surface area contributed by atoms with Gasteiger partial charge in [-0.3, -0.25) is 4.79 Å². The Morgan fingerprint density at radius 3 is 2.70 bits per heavy atom. The number of amides is 1. The Bertz CT molecular complexity index is 685. The van der Waals surface area contributed by atoms with Crippen molar-refractivity contribution >= 4 is 15.7 Å². The van der Waals surface area contributed by atoms with E-state index < -0.39 is 20.9 Å². The standard InChI is InChI=1S/C16H20FNO4S/c17-14-4-2-1-3-13(14)15-5-7-18(8-10-23(15,20)21)16(19)12-6-9-22-11-12/h1-4,12,15H,5-11H2/t12-,15-/m1/s1. The average Bonchev–Trinajstić information content (AvgIpc) is 3.00. The number of hydrogen-bond donors (Lipinski definition) is 0. The third kappa shape index (κ3) is 3.40. The maximum absolute atomic E-state index is 14.0. The van der Waals surface area contributed by atoms with Gasteiger partial charge in [0.05, 0.1) is 23.5 Å². The summed E-state index contributed by atoms with van der Waals surface area (Å²) < 4.78 is 44.3. The van der Waals surface area contributed by atoms with Crippen LogP contribution < -0.4 is 0 Å². The van der Waals surface area contributed by atoms with Crippen LogP contribution in [-0.4, -0.2) is 51.3 Å². The Morgan fingerprint density at radius 1 is 1.22 bits per heavy atom. The molecule has 0 aromatic heterocycles. The van der Waals surface area contributed by atoms with Crippen LogP contribution in [0.2, 0.25) is 0 Å². The van der Waals surface area contributed by atoms with Crippen molar-refractivity contribution in [1.82, 2.24) is 4.90 Å². The van der Waals surface area contributed by atoms with Crippen LogP contribution in [0.4, 0.5) is 4.39 Å². The van der Waals surface area contributed by atoms with Crippen molar-refractivity contribution in [2.45, 2.75) is 18.1 Å². The maximum atomic E-state index is 14.0. The number of nitrogens with zero attached hydrogens (tertiary/aromatic N) is 1. The van der Waals surface area contributed by atoms with Crippen molar-refractivity contribution in [1.29, 1.82) is 0 Å². The lowest BCUT2D eigenvalue weighted by Gasteiger charge is -2.22. The van der Waals surface area contributed by atoms with Crippen molar-refractivity contribution in [2.75, 3.05) is 32.1 Å². The van der Waals surface area contributed by atoms with Crippen molar-refractivity contribution in [3.05, 3.63) is 35.6 Å². The molecule has 0 saturated carbocycles. The van der Waals surface area contributed by atoms with Gasteiger partial charge in [0.1, 0.15) is 5.82 Å². The van der Waals surface area contributed by atoms with E-state index in [-0.39, 0.29) is 36.1 Å². The molecule has 0 N–H and O–H groups in total. The van der Waals surface area contributed by atoms with Crippen LogP contribution in [0.15, 0.2) is 24.3 Å². The molecule has 0 aliphatic carbocycles. The zero-order valence-corrected chi connectivity index (χ0v) is 13.6. The van der Waals surface area contributed by atoms with Crippen LogP contribution in [-0.2, 0) is 19.4 Å². The average molecular weight is 341 g/mol. The topological polar surface area (TPSA) is 63.7 Å². The second kappa shape index (κ2) is 6.57. The molecular formula is C16H20FNO4S. The number of sulfone groups is 1. The molecule has 2 fully saturated rings. The minimum absolute atomic E-state index is 0.0492. The van der Waals surface area contributed by atoms with E-state index in [4.69, 9.17) is 4.74 Å². The largest absolute Gasteiger partial charge is 0.381 e. The summed E-state index contributed by atoms with van der Waals surface area (Å²) in [5.74, 6) is -0.870. The molecule has 5 nitrogen and oxygen atoms in total. The molecule has 0 unspecified atom stereocenters. The lowest BCUT2D eigenvalue weighted by atomic mass is 10.1. The van der Waals surface area contributed by atoms with Gasteiger partial charge < -0.3 is 9.64 Å². The second-order valence-corrected chi connectivity index (χ2v) is 8.35. The molecule has 2 saturated heterocycles. The van der Waals surface area contributed by atoms with Gasteiger partial charge in [-0.05, 0) is 18.9 Å². The Balaban J connectivity index is 1.80. The van der Waals surface area contributed by atoms with Crippen molar-refractivity contribution in [2.24, 2.45) is 5.92 Å². The molecule has 0 radical (unpaired) electrons. The number of ether oxygens (including phenoxy) is 1. The molecule has 2 aliphatic heterocycles. The quantitative estimate of drug-likeness (QED) is 0.819. The molecule has 7 heteroatoms. The highest BCUT2D eigenvalue weighted by atomic mass is 32.2. The fraction of sp³-hybridized carbons (Fsp3) is 0.562. The molecule has 0 bridgehead atoms. The van der Waals surface area contributed by atoms with Gasteiger partial charge in [0.25, 0.3) is 0 Å². The normalized spacial score (nSPS) is 27.6. The van der Waals surface area contributed by atoms with Gasteiger partial charge in [-0.1, -0.05) is 18.2 Å². The van der Waals surface area contributed by atoms with Crippen molar-refractivity contribution in [3.63, 3.8) is 0 Å². The first-order chi connectivity index (χ1) is 11.0. The van der Waals surface area contributed by atoms with E-state index in [0.29, 0.717) is 26.2 Å². The number of carbonyl (C=O) groups excluding carboxylic acids is 1. The van der Waals surface area contributed by atoms with E-state index in [2.05, 4.69) is 0 Å². The van der Waals surface area contributed by atoms with Crippen LogP contribution in [0.3, 0.4) is 0 Å². The molecule has 23 heavy (non-hydrogen) atoms. The first-order valence-corrected chi connectivity index (χ1v) is 9.53. The van der Waals surface area contributed by atoms with E-state index in [0.717, 1.165) is 0 Å². The Morgan fingerprint density at radius 2 is 2.00 bits per heavy atom. The van der Waals surface area contributed by atoms with E-state index in [1.165, 1.54) is 18.2 Å². The highest BCUT2D eigenvalue weighted by Gasteiger charge is 2.36. The van der Waals surface area contributed by atoms with Gasteiger partial charge >= 0.3 is 0 Å². The molecular weight excluding hydrogens is 321 g/mol. The monoisotopic (exact) mass is 341 g/mol. The molecule has 0 spiro atoms. The summed E-state index contributed by atoms with van der Waals surface area (Å²) in [7, 11) is -3.49.